The van der Waals surface area contributed by atoms with E-state index in [4.69, 9.17) is 27.2 Å². The highest BCUT2D eigenvalue weighted by Crippen LogP contribution is 2.26. The Bertz CT molecular complexity index is 632. The van der Waals surface area contributed by atoms with Crippen LogP contribution in [0.3, 0.4) is 0 Å². The van der Waals surface area contributed by atoms with Crippen molar-refractivity contribution in [1.29, 1.82) is 0 Å². The highest BCUT2D eigenvalue weighted by molar-refractivity contribution is 6.32. The number of aliphatic hydroxyl groups excluding tert-OH is 1. The molecule has 8 heteroatoms. The van der Waals surface area contributed by atoms with Crippen LogP contribution < -0.4 is 21.1 Å². The molecule has 0 bridgehead atoms. The maximum absolute atomic E-state index is 12.3. The van der Waals surface area contributed by atoms with E-state index in [1.54, 1.807) is 12.1 Å². The van der Waals surface area contributed by atoms with Gasteiger partial charge in [-0.3, -0.25) is 9.59 Å². The molecule has 1 atom stereocenters. The van der Waals surface area contributed by atoms with Crippen molar-refractivity contribution in [3.05, 3.63) is 40.7 Å². The minimum Gasteiger partial charge on any atom is -0.514 e. The Labute approximate surface area is 145 Å². The van der Waals surface area contributed by atoms with Crippen molar-refractivity contribution in [2.24, 2.45) is 5.73 Å². The number of benzene rings is 1. The lowest BCUT2D eigenvalue weighted by Gasteiger charge is -2.18. The number of amides is 2. The largest absolute Gasteiger partial charge is 0.514 e. The fraction of sp³-hybridized carbons (Fsp3) is 0.375. The molecule has 7 nitrogen and oxygen atoms in total. The van der Waals surface area contributed by atoms with Crippen molar-refractivity contribution >= 4 is 23.4 Å². The lowest BCUT2D eigenvalue weighted by Crippen LogP contribution is -2.46. The van der Waals surface area contributed by atoms with Crippen LogP contribution in [0.5, 0.6) is 5.75 Å². The number of aliphatic hydroxyl groups is 1. The van der Waals surface area contributed by atoms with Gasteiger partial charge in [0.1, 0.15) is 11.8 Å². The van der Waals surface area contributed by atoms with Crippen LogP contribution in [0.25, 0.3) is 0 Å². The number of likely N-dealkylation sites (N-methyl/N-ethyl adjacent to an activating group) is 1. The first-order valence-corrected chi connectivity index (χ1v) is 7.73. The molecule has 0 heterocycles. The van der Waals surface area contributed by atoms with Gasteiger partial charge in [0, 0.05) is 24.7 Å². The number of hydrogen-bond donors (Lipinski definition) is 4. The van der Waals surface area contributed by atoms with E-state index in [9.17, 15) is 9.59 Å². The Morgan fingerprint density at radius 2 is 2.08 bits per heavy atom. The monoisotopic (exact) mass is 355 g/mol. The molecule has 1 aromatic rings. The van der Waals surface area contributed by atoms with Crippen LogP contribution in [0, 0.1) is 0 Å². The first-order chi connectivity index (χ1) is 11.3. The van der Waals surface area contributed by atoms with Crippen molar-refractivity contribution in [1.82, 2.24) is 10.6 Å². The third kappa shape index (κ3) is 5.66. The van der Waals surface area contributed by atoms with Gasteiger partial charge in [-0.1, -0.05) is 11.6 Å². The maximum atomic E-state index is 12.3. The molecule has 0 aromatic heterocycles. The molecule has 132 valence electrons. The number of carbonyl (C=O) groups is 2. The van der Waals surface area contributed by atoms with E-state index in [0.29, 0.717) is 17.0 Å². The molecule has 2 amide bonds. The molecule has 0 unspecified atom stereocenters. The van der Waals surface area contributed by atoms with E-state index in [1.807, 2.05) is 13.8 Å². The fourth-order valence-corrected chi connectivity index (χ4v) is 2.13. The Morgan fingerprint density at radius 1 is 1.42 bits per heavy atom. The van der Waals surface area contributed by atoms with E-state index < -0.39 is 17.9 Å². The molecule has 0 aliphatic carbocycles. The molecule has 0 saturated carbocycles. The van der Waals surface area contributed by atoms with Gasteiger partial charge in [0.15, 0.2) is 0 Å². The molecule has 1 rings (SSSR count). The first kappa shape index (κ1) is 19.6. The SMILES string of the molecule is CNC(=O)[C@H](C/C(N)=C/O)NC(=O)c1ccc(OC(C)C)c(Cl)c1. The molecular weight excluding hydrogens is 334 g/mol. The topological polar surface area (TPSA) is 114 Å². The molecule has 1 aromatic carbocycles. The summed E-state index contributed by atoms with van der Waals surface area (Å²) in [4.78, 5) is 24.2. The third-order valence-electron chi connectivity index (χ3n) is 3.03. The molecule has 24 heavy (non-hydrogen) atoms. The minimum absolute atomic E-state index is 0.0236. The summed E-state index contributed by atoms with van der Waals surface area (Å²) < 4.78 is 5.50. The van der Waals surface area contributed by atoms with Gasteiger partial charge in [-0.2, -0.15) is 0 Å². The van der Waals surface area contributed by atoms with Gasteiger partial charge in [-0.05, 0) is 32.0 Å². The smallest absolute Gasteiger partial charge is 0.251 e. The zero-order chi connectivity index (χ0) is 18.3. The zero-order valence-electron chi connectivity index (χ0n) is 13.8. The summed E-state index contributed by atoms with van der Waals surface area (Å²) in [5.74, 6) is -0.454. The third-order valence-corrected chi connectivity index (χ3v) is 3.33. The minimum atomic E-state index is -0.920. The Balaban J connectivity index is 2.91. The van der Waals surface area contributed by atoms with Gasteiger partial charge in [-0.15, -0.1) is 0 Å². The number of hydrogen-bond acceptors (Lipinski definition) is 5. The van der Waals surface area contributed by atoms with Crippen LogP contribution in [0.2, 0.25) is 5.02 Å². The highest BCUT2D eigenvalue weighted by Gasteiger charge is 2.22. The summed E-state index contributed by atoms with van der Waals surface area (Å²) in [6.45, 7) is 3.73. The van der Waals surface area contributed by atoms with Crippen LogP contribution >= 0.6 is 11.6 Å². The summed E-state index contributed by atoms with van der Waals surface area (Å²) in [5, 5.41) is 14.1. The quantitative estimate of drug-likeness (QED) is 0.556. The summed E-state index contributed by atoms with van der Waals surface area (Å²) in [6.07, 6.45) is 0.620. The summed E-state index contributed by atoms with van der Waals surface area (Å²) >= 11 is 6.10. The molecule has 0 saturated heterocycles. The predicted octanol–water partition coefficient (Wildman–Crippen LogP) is 1.72. The van der Waals surface area contributed by atoms with Crippen molar-refractivity contribution in [3.63, 3.8) is 0 Å². The zero-order valence-corrected chi connectivity index (χ0v) is 14.6. The van der Waals surface area contributed by atoms with Crippen molar-refractivity contribution in [2.45, 2.75) is 32.4 Å². The van der Waals surface area contributed by atoms with Gasteiger partial charge >= 0.3 is 0 Å². The van der Waals surface area contributed by atoms with Gasteiger partial charge in [0.05, 0.1) is 17.4 Å². The Morgan fingerprint density at radius 3 is 2.58 bits per heavy atom. The number of rotatable bonds is 7. The molecule has 0 radical (unpaired) electrons. The highest BCUT2D eigenvalue weighted by atomic mass is 35.5. The van der Waals surface area contributed by atoms with Crippen LogP contribution in [0.1, 0.15) is 30.6 Å². The van der Waals surface area contributed by atoms with Crippen LogP contribution in [0.4, 0.5) is 0 Å². The summed E-state index contributed by atoms with van der Waals surface area (Å²) in [6, 6.07) is 3.68. The predicted molar refractivity (Wildman–Crippen MR) is 92.1 cm³/mol. The van der Waals surface area contributed by atoms with E-state index in [0.717, 1.165) is 0 Å². The fourth-order valence-electron chi connectivity index (χ4n) is 1.91. The standard InChI is InChI=1S/C16H22ClN3O4/c1-9(2)24-14-5-4-10(6-12(14)17)15(22)20-13(16(23)19-3)7-11(18)8-21/h4-6,8-9,13,21H,7,18H2,1-3H3,(H,19,23)(H,20,22)/b11-8-/t13-/m0/s1. The van der Waals surface area contributed by atoms with E-state index in [-0.39, 0.29) is 23.8 Å². The van der Waals surface area contributed by atoms with Gasteiger partial charge in [-0.25, -0.2) is 0 Å². The van der Waals surface area contributed by atoms with E-state index >= 15 is 0 Å². The summed E-state index contributed by atoms with van der Waals surface area (Å²) in [7, 11) is 1.44. The van der Waals surface area contributed by atoms with Gasteiger partial charge < -0.3 is 26.2 Å². The number of halogens is 1. The second-order valence-electron chi connectivity index (χ2n) is 5.36. The molecule has 0 aliphatic rings. The van der Waals surface area contributed by atoms with Crippen molar-refractivity contribution < 1.29 is 19.4 Å². The molecule has 0 fully saturated rings. The van der Waals surface area contributed by atoms with Crippen LogP contribution in [0.15, 0.2) is 30.2 Å². The van der Waals surface area contributed by atoms with Gasteiger partial charge in [0.2, 0.25) is 5.91 Å². The van der Waals surface area contributed by atoms with Gasteiger partial charge in [0.25, 0.3) is 5.91 Å². The molecule has 0 spiro atoms. The summed E-state index contributed by atoms with van der Waals surface area (Å²) in [5.41, 5.74) is 5.86. The first-order valence-electron chi connectivity index (χ1n) is 7.35. The van der Waals surface area contributed by atoms with Crippen molar-refractivity contribution in [2.75, 3.05) is 7.05 Å². The number of nitrogens with one attached hydrogen (secondary N) is 2. The Hall–Kier alpha value is -2.41. The molecular formula is C16H22ClN3O4. The number of carbonyl (C=O) groups excluding carboxylic acids is 2. The average Bonchev–Trinajstić information content (AvgIpc) is 2.54. The maximum Gasteiger partial charge on any atom is 0.251 e. The number of ether oxygens (including phenoxy) is 1. The average molecular weight is 356 g/mol. The van der Waals surface area contributed by atoms with E-state index in [1.165, 1.54) is 13.1 Å². The molecule has 0 aliphatic heterocycles. The number of nitrogens with two attached hydrogens (primary N) is 1. The van der Waals surface area contributed by atoms with Crippen LogP contribution in [-0.4, -0.2) is 36.1 Å². The van der Waals surface area contributed by atoms with E-state index in [2.05, 4.69) is 10.6 Å². The lowest BCUT2D eigenvalue weighted by atomic mass is 10.1. The second kappa shape index (κ2) is 9.02. The second-order valence-corrected chi connectivity index (χ2v) is 5.77. The van der Waals surface area contributed by atoms with Crippen molar-refractivity contribution in [3.8, 4) is 5.75 Å². The lowest BCUT2D eigenvalue weighted by molar-refractivity contribution is -0.122. The normalized spacial score (nSPS) is 12.6. The van der Waals surface area contributed by atoms with Crippen LogP contribution in [-0.2, 0) is 4.79 Å². The molecule has 5 N–H and O–H groups in total. The Kier molecular flexibility index (Phi) is 7.38.